The van der Waals surface area contributed by atoms with Gasteiger partial charge >= 0.3 is 0 Å². The summed E-state index contributed by atoms with van der Waals surface area (Å²) < 4.78 is 11.5. The molecule has 0 aliphatic heterocycles. The summed E-state index contributed by atoms with van der Waals surface area (Å²) in [5, 5.41) is 9.81. The van der Waals surface area contributed by atoms with Gasteiger partial charge in [0.2, 0.25) is 5.95 Å². The second kappa shape index (κ2) is 13.5. The third kappa shape index (κ3) is 7.78. The molecule has 30 heavy (non-hydrogen) atoms. The number of hydrogen-bond donors (Lipinski definition) is 3. The molecule has 2 rings (SSSR count). The van der Waals surface area contributed by atoms with Gasteiger partial charge in [-0.25, -0.2) is 4.98 Å². The van der Waals surface area contributed by atoms with Gasteiger partial charge < -0.3 is 26.0 Å². The van der Waals surface area contributed by atoms with Crippen molar-refractivity contribution in [2.45, 2.75) is 45.1 Å². The first-order chi connectivity index (χ1) is 14.6. The molecule has 0 fully saturated rings. The third-order valence-corrected chi connectivity index (χ3v) is 6.06. The van der Waals surface area contributed by atoms with Crippen LogP contribution in [0.2, 0.25) is 0 Å². The van der Waals surface area contributed by atoms with Crippen LogP contribution >= 0.6 is 20.2 Å². The standard InChI is InChI=1S/C21H32ClN4O3P/c1-28-18-10-15(9-16-12-25-21(24)26-20(16)23)11-19(17(18)13-27)29-14-30-8-6-4-2-3-5-7-22/h10-12,27,30H,2-9,13-14H2,1H3,(H4,23,24,25,26). The Balaban J connectivity index is 1.97. The Hall–Kier alpha value is -1.82. The molecule has 1 heterocycles. The van der Waals surface area contributed by atoms with Crippen LogP contribution in [-0.4, -0.2) is 40.6 Å². The fraction of sp³-hybridized carbons (Fsp3) is 0.524. The summed E-state index contributed by atoms with van der Waals surface area (Å²) in [6.45, 7) is -0.157. The van der Waals surface area contributed by atoms with Crippen LogP contribution in [0.15, 0.2) is 18.3 Å². The van der Waals surface area contributed by atoms with E-state index in [4.69, 9.17) is 32.5 Å². The van der Waals surface area contributed by atoms with E-state index in [1.165, 1.54) is 25.7 Å². The monoisotopic (exact) mass is 454 g/mol. The maximum atomic E-state index is 9.81. The first kappa shape index (κ1) is 24.4. The Kier molecular flexibility index (Phi) is 11.0. The van der Waals surface area contributed by atoms with Gasteiger partial charge in [0.15, 0.2) is 0 Å². The molecule has 9 heteroatoms. The summed E-state index contributed by atoms with van der Waals surface area (Å²) in [5.74, 6) is 2.47. The molecule has 1 aromatic carbocycles. The van der Waals surface area contributed by atoms with Crippen LogP contribution in [0.25, 0.3) is 0 Å². The van der Waals surface area contributed by atoms with Gasteiger partial charge in [0.25, 0.3) is 0 Å². The molecule has 1 aromatic heterocycles. The van der Waals surface area contributed by atoms with Crippen LogP contribution in [-0.2, 0) is 13.0 Å². The molecule has 2 aromatic rings. The Morgan fingerprint density at radius 2 is 1.83 bits per heavy atom. The summed E-state index contributed by atoms with van der Waals surface area (Å²) in [7, 11) is 2.29. The smallest absolute Gasteiger partial charge is 0.221 e. The van der Waals surface area contributed by atoms with Crippen molar-refractivity contribution in [1.29, 1.82) is 0 Å². The molecule has 0 bridgehead atoms. The van der Waals surface area contributed by atoms with Crippen molar-refractivity contribution >= 4 is 31.9 Å². The van der Waals surface area contributed by atoms with Gasteiger partial charge in [0.1, 0.15) is 23.7 Å². The number of methoxy groups -OCH3 is 1. The minimum atomic E-state index is -0.157. The number of benzene rings is 1. The van der Waals surface area contributed by atoms with Gasteiger partial charge in [0, 0.05) is 24.1 Å². The molecule has 0 saturated heterocycles. The van der Waals surface area contributed by atoms with E-state index >= 15 is 0 Å². The summed E-state index contributed by atoms with van der Waals surface area (Å²) in [6.07, 6.45) is 9.89. The molecule has 0 aliphatic carbocycles. The average Bonchev–Trinajstić information content (AvgIpc) is 2.74. The van der Waals surface area contributed by atoms with E-state index in [0.717, 1.165) is 29.6 Å². The largest absolute Gasteiger partial charge is 0.496 e. The van der Waals surface area contributed by atoms with Gasteiger partial charge in [-0.2, -0.15) is 4.98 Å². The van der Waals surface area contributed by atoms with Crippen molar-refractivity contribution < 1.29 is 14.6 Å². The summed E-state index contributed by atoms with van der Waals surface area (Å²) in [6, 6.07) is 3.79. The van der Waals surface area contributed by atoms with Crippen LogP contribution in [0.1, 0.15) is 48.8 Å². The lowest BCUT2D eigenvalue weighted by atomic mass is 10.0. The quantitative estimate of drug-likeness (QED) is 0.225. The van der Waals surface area contributed by atoms with E-state index in [9.17, 15) is 5.11 Å². The zero-order chi connectivity index (χ0) is 21.8. The van der Waals surface area contributed by atoms with Crippen molar-refractivity contribution in [2.75, 3.05) is 37.0 Å². The van der Waals surface area contributed by atoms with Crippen molar-refractivity contribution in [3.8, 4) is 11.5 Å². The number of aromatic nitrogens is 2. The molecule has 0 spiro atoms. The number of rotatable bonds is 14. The number of aliphatic hydroxyl groups is 1. The molecule has 0 radical (unpaired) electrons. The number of anilines is 2. The Morgan fingerprint density at radius 1 is 1.10 bits per heavy atom. The summed E-state index contributed by atoms with van der Waals surface area (Å²) in [4.78, 5) is 8.02. The van der Waals surface area contributed by atoms with Gasteiger partial charge in [-0.15, -0.1) is 11.6 Å². The highest BCUT2D eigenvalue weighted by Crippen LogP contribution is 2.33. The highest BCUT2D eigenvalue weighted by atomic mass is 35.5. The lowest BCUT2D eigenvalue weighted by molar-refractivity contribution is 0.263. The van der Waals surface area contributed by atoms with E-state index in [0.29, 0.717) is 44.2 Å². The zero-order valence-electron chi connectivity index (χ0n) is 17.5. The molecule has 1 atom stereocenters. The van der Waals surface area contributed by atoms with Crippen molar-refractivity contribution in [1.82, 2.24) is 9.97 Å². The summed E-state index contributed by atoms with van der Waals surface area (Å²) >= 11 is 5.70. The SMILES string of the molecule is COc1cc(Cc2cnc(N)nc2N)cc(OCPCCCCCCCCl)c1CO. The highest BCUT2D eigenvalue weighted by Gasteiger charge is 2.14. The number of nitrogens with two attached hydrogens (primary N) is 2. The van der Waals surface area contributed by atoms with Crippen LogP contribution in [0.3, 0.4) is 0 Å². The van der Waals surface area contributed by atoms with Gasteiger partial charge in [-0.1, -0.05) is 27.8 Å². The molecule has 0 saturated carbocycles. The number of ether oxygens (including phenoxy) is 2. The Bertz CT molecular complexity index is 795. The van der Waals surface area contributed by atoms with Crippen LogP contribution in [0, 0.1) is 0 Å². The fourth-order valence-corrected chi connectivity index (χ4v) is 4.20. The topological polar surface area (TPSA) is 117 Å². The van der Waals surface area contributed by atoms with Crippen LogP contribution in [0.5, 0.6) is 11.5 Å². The van der Waals surface area contributed by atoms with E-state index < -0.39 is 0 Å². The number of hydrogen-bond acceptors (Lipinski definition) is 7. The van der Waals surface area contributed by atoms with E-state index in [2.05, 4.69) is 9.97 Å². The second-order valence-electron chi connectivity index (χ2n) is 6.99. The highest BCUT2D eigenvalue weighted by molar-refractivity contribution is 7.37. The Morgan fingerprint density at radius 3 is 2.53 bits per heavy atom. The molecule has 0 aliphatic rings. The minimum absolute atomic E-state index is 0.147. The van der Waals surface area contributed by atoms with Crippen molar-refractivity contribution in [3.05, 3.63) is 35.0 Å². The number of aliphatic hydroxyl groups excluding tert-OH is 1. The number of nitrogens with zero attached hydrogens (tertiary/aromatic N) is 2. The predicted molar refractivity (Wildman–Crippen MR) is 125 cm³/mol. The zero-order valence-corrected chi connectivity index (χ0v) is 19.2. The van der Waals surface area contributed by atoms with Crippen LogP contribution in [0.4, 0.5) is 11.8 Å². The molecular formula is C21H32ClN4O3P. The first-order valence-electron chi connectivity index (χ1n) is 10.2. The number of alkyl halides is 1. The second-order valence-corrected chi connectivity index (χ2v) is 8.66. The van der Waals surface area contributed by atoms with Crippen LogP contribution < -0.4 is 20.9 Å². The first-order valence-corrected chi connectivity index (χ1v) is 12.1. The Labute approximate surface area is 185 Å². The van der Waals surface area contributed by atoms with Gasteiger partial charge in [-0.3, -0.25) is 0 Å². The van der Waals surface area contributed by atoms with E-state index in [1.807, 2.05) is 12.1 Å². The number of nitrogen functional groups attached to an aromatic ring is 2. The minimum Gasteiger partial charge on any atom is -0.496 e. The lowest BCUT2D eigenvalue weighted by Gasteiger charge is -2.16. The number of unbranched alkanes of at least 4 members (excludes halogenated alkanes) is 4. The normalized spacial score (nSPS) is 11.3. The molecule has 1 unspecified atom stereocenters. The summed E-state index contributed by atoms with van der Waals surface area (Å²) in [5.41, 5.74) is 13.9. The van der Waals surface area contributed by atoms with Crippen molar-refractivity contribution in [2.24, 2.45) is 0 Å². The maximum absolute atomic E-state index is 9.81. The number of halogens is 1. The van der Waals surface area contributed by atoms with E-state index in [-0.39, 0.29) is 12.6 Å². The fourth-order valence-electron chi connectivity index (χ4n) is 3.11. The lowest BCUT2D eigenvalue weighted by Crippen LogP contribution is -2.05. The van der Waals surface area contributed by atoms with Crippen molar-refractivity contribution in [3.63, 3.8) is 0 Å². The molecular weight excluding hydrogens is 423 g/mol. The van der Waals surface area contributed by atoms with Gasteiger partial charge in [-0.05, 0) is 36.7 Å². The maximum Gasteiger partial charge on any atom is 0.221 e. The predicted octanol–water partition coefficient (Wildman–Crippen LogP) is 3.94. The third-order valence-electron chi connectivity index (χ3n) is 4.73. The van der Waals surface area contributed by atoms with E-state index in [1.54, 1.807) is 13.3 Å². The molecule has 166 valence electrons. The molecule has 5 N–H and O–H groups in total. The molecule has 0 amide bonds. The average molecular weight is 455 g/mol. The van der Waals surface area contributed by atoms with Gasteiger partial charge in [0.05, 0.1) is 19.3 Å². The molecule has 7 nitrogen and oxygen atoms in total.